The van der Waals surface area contributed by atoms with Gasteiger partial charge in [0.05, 0.1) is 18.5 Å². The van der Waals surface area contributed by atoms with E-state index in [0.717, 1.165) is 33.5 Å². The number of rotatable bonds is 5. The molecule has 6 heteroatoms. The van der Waals surface area contributed by atoms with E-state index in [0.29, 0.717) is 19.9 Å². The van der Waals surface area contributed by atoms with E-state index in [1.165, 1.54) is 0 Å². The molecule has 0 amide bonds. The fraction of sp³-hybridized carbons (Fsp3) is 0.188. The zero-order valence-electron chi connectivity index (χ0n) is 11.7. The van der Waals surface area contributed by atoms with Gasteiger partial charge in [0.1, 0.15) is 10.8 Å². The van der Waals surface area contributed by atoms with Crippen molar-refractivity contribution < 1.29 is 13.9 Å². The summed E-state index contributed by atoms with van der Waals surface area (Å²) >= 11 is 1.63. The van der Waals surface area contributed by atoms with Gasteiger partial charge in [-0.25, -0.2) is 4.98 Å². The maximum absolute atomic E-state index is 5.41. The van der Waals surface area contributed by atoms with Gasteiger partial charge < -0.3 is 19.2 Å². The smallest absolute Gasteiger partial charge is 0.231 e. The van der Waals surface area contributed by atoms with Gasteiger partial charge in [-0.1, -0.05) is 0 Å². The summed E-state index contributed by atoms with van der Waals surface area (Å²) in [5.41, 5.74) is 2.07. The first kappa shape index (κ1) is 13.4. The lowest BCUT2D eigenvalue weighted by molar-refractivity contribution is 0.174. The van der Waals surface area contributed by atoms with E-state index in [2.05, 4.69) is 15.7 Å². The molecule has 5 nitrogen and oxygen atoms in total. The van der Waals surface area contributed by atoms with Crippen molar-refractivity contribution in [1.82, 2.24) is 10.3 Å². The molecule has 1 N–H and O–H groups in total. The number of ether oxygens (including phenoxy) is 2. The molecule has 112 valence electrons. The Morgan fingerprint density at radius 1 is 1.14 bits per heavy atom. The van der Waals surface area contributed by atoms with E-state index in [4.69, 9.17) is 13.9 Å². The quantitative estimate of drug-likeness (QED) is 0.782. The summed E-state index contributed by atoms with van der Waals surface area (Å²) in [6, 6.07) is 9.74. The first-order valence-electron chi connectivity index (χ1n) is 6.96. The van der Waals surface area contributed by atoms with Crippen LogP contribution in [0.25, 0.3) is 10.6 Å². The minimum atomic E-state index is 0.290. The predicted octanol–water partition coefficient (Wildman–Crippen LogP) is 3.42. The predicted molar refractivity (Wildman–Crippen MR) is 82.9 cm³/mol. The summed E-state index contributed by atoms with van der Waals surface area (Å²) in [7, 11) is 0. The van der Waals surface area contributed by atoms with Crippen molar-refractivity contribution >= 4 is 11.3 Å². The third-order valence-electron chi connectivity index (χ3n) is 3.36. The summed E-state index contributed by atoms with van der Waals surface area (Å²) < 4.78 is 16.0. The lowest BCUT2D eigenvalue weighted by Gasteiger charge is -2.00. The second-order valence-electron chi connectivity index (χ2n) is 4.89. The minimum Gasteiger partial charge on any atom is -0.468 e. The topological polar surface area (TPSA) is 56.5 Å². The van der Waals surface area contributed by atoms with E-state index in [1.807, 2.05) is 30.3 Å². The minimum absolute atomic E-state index is 0.290. The normalized spacial score (nSPS) is 12.7. The standard InChI is InChI=1S/C16H14N2O3S/c1-2-13(19-5-1)8-17-7-12-9-22-16(18-12)11-3-4-14-15(6-11)21-10-20-14/h1-6,9,17H,7-8,10H2. The van der Waals surface area contributed by atoms with Crippen LogP contribution in [0.3, 0.4) is 0 Å². The van der Waals surface area contributed by atoms with Crippen LogP contribution in [-0.2, 0) is 13.1 Å². The highest BCUT2D eigenvalue weighted by Crippen LogP contribution is 2.36. The molecule has 2 aromatic heterocycles. The summed E-state index contributed by atoms with van der Waals surface area (Å²) in [4.78, 5) is 4.65. The molecule has 0 saturated heterocycles. The van der Waals surface area contributed by atoms with Gasteiger partial charge in [-0.15, -0.1) is 11.3 Å². The Kier molecular flexibility index (Phi) is 3.54. The van der Waals surface area contributed by atoms with Gasteiger partial charge in [0.25, 0.3) is 0 Å². The molecule has 1 aliphatic heterocycles. The first-order chi connectivity index (χ1) is 10.9. The Labute approximate surface area is 131 Å². The molecule has 0 radical (unpaired) electrons. The zero-order chi connectivity index (χ0) is 14.8. The maximum Gasteiger partial charge on any atom is 0.231 e. The number of aromatic nitrogens is 1. The van der Waals surface area contributed by atoms with E-state index in [1.54, 1.807) is 17.6 Å². The molecular formula is C16H14N2O3S. The molecule has 1 aromatic carbocycles. The summed E-state index contributed by atoms with van der Waals surface area (Å²) in [5, 5.41) is 6.36. The van der Waals surface area contributed by atoms with Crippen LogP contribution in [0.1, 0.15) is 11.5 Å². The Hall–Kier alpha value is -2.31. The molecule has 0 bridgehead atoms. The average Bonchev–Trinajstić information content (AvgIpc) is 3.28. The second kappa shape index (κ2) is 5.82. The molecule has 0 spiro atoms. The fourth-order valence-corrected chi connectivity index (χ4v) is 3.09. The third-order valence-corrected chi connectivity index (χ3v) is 4.30. The van der Waals surface area contributed by atoms with Gasteiger partial charge in [0, 0.05) is 17.5 Å². The first-order valence-corrected chi connectivity index (χ1v) is 7.84. The van der Waals surface area contributed by atoms with Crippen molar-refractivity contribution in [2.24, 2.45) is 0 Å². The zero-order valence-corrected chi connectivity index (χ0v) is 12.6. The Balaban J connectivity index is 1.42. The van der Waals surface area contributed by atoms with Gasteiger partial charge >= 0.3 is 0 Å². The number of benzene rings is 1. The van der Waals surface area contributed by atoms with Crippen molar-refractivity contribution in [3.8, 4) is 22.1 Å². The highest BCUT2D eigenvalue weighted by Gasteiger charge is 2.15. The largest absolute Gasteiger partial charge is 0.468 e. The third kappa shape index (κ3) is 2.70. The van der Waals surface area contributed by atoms with Gasteiger partial charge in [-0.05, 0) is 30.3 Å². The number of nitrogens with zero attached hydrogens (tertiary/aromatic N) is 1. The van der Waals surface area contributed by atoms with E-state index in [-0.39, 0.29) is 0 Å². The maximum atomic E-state index is 5.41. The van der Waals surface area contributed by atoms with E-state index >= 15 is 0 Å². The Morgan fingerprint density at radius 3 is 3.00 bits per heavy atom. The number of nitrogens with one attached hydrogen (secondary N) is 1. The van der Waals surface area contributed by atoms with Gasteiger partial charge in [0.15, 0.2) is 11.5 Å². The van der Waals surface area contributed by atoms with Crippen LogP contribution in [0, 0.1) is 0 Å². The number of furan rings is 1. The SMILES string of the molecule is c1coc(CNCc2csc(-c3ccc4c(c3)OCO4)n2)c1. The van der Waals surface area contributed by atoms with Crippen molar-refractivity contribution in [3.63, 3.8) is 0 Å². The molecule has 0 fully saturated rings. The molecule has 22 heavy (non-hydrogen) atoms. The molecule has 3 aromatic rings. The van der Waals surface area contributed by atoms with Crippen molar-refractivity contribution in [3.05, 3.63) is 53.4 Å². The fourth-order valence-electron chi connectivity index (χ4n) is 2.28. The summed E-state index contributed by atoms with van der Waals surface area (Å²) in [6.07, 6.45) is 1.68. The van der Waals surface area contributed by atoms with E-state index < -0.39 is 0 Å². The average molecular weight is 314 g/mol. The number of hydrogen-bond acceptors (Lipinski definition) is 6. The van der Waals surface area contributed by atoms with E-state index in [9.17, 15) is 0 Å². The Bertz CT molecular complexity index is 768. The van der Waals surface area contributed by atoms with Crippen LogP contribution in [0.5, 0.6) is 11.5 Å². The molecule has 0 unspecified atom stereocenters. The molecule has 4 rings (SSSR count). The highest BCUT2D eigenvalue weighted by atomic mass is 32.1. The van der Waals surface area contributed by atoms with Crippen molar-refractivity contribution in [1.29, 1.82) is 0 Å². The van der Waals surface area contributed by atoms with Crippen LogP contribution in [0.15, 0.2) is 46.4 Å². The summed E-state index contributed by atoms with van der Waals surface area (Å²) in [5.74, 6) is 2.50. The highest BCUT2D eigenvalue weighted by molar-refractivity contribution is 7.13. The number of fused-ring (bicyclic) bond motifs is 1. The molecule has 3 heterocycles. The van der Waals surface area contributed by atoms with Gasteiger partial charge in [-0.3, -0.25) is 0 Å². The van der Waals surface area contributed by atoms with Crippen LogP contribution in [-0.4, -0.2) is 11.8 Å². The molecule has 0 saturated carbocycles. The monoisotopic (exact) mass is 314 g/mol. The van der Waals surface area contributed by atoms with Crippen molar-refractivity contribution in [2.75, 3.05) is 6.79 Å². The lowest BCUT2D eigenvalue weighted by atomic mass is 10.2. The molecule has 0 aliphatic carbocycles. The second-order valence-corrected chi connectivity index (χ2v) is 5.75. The van der Waals surface area contributed by atoms with Crippen LogP contribution in [0.4, 0.5) is 0 Å². The summed E-state index contributed by atoms with van der Waals surface area (Å²) in [6.45, 7) is 1.70. The van der Waals surface area contributed by atoms with Crippen LogP contribution < -0.4 is 14.8 Å². The Morgan fingerprint density at radius 2 is 2.09 bits per heavy atom. The molecular weight excluding hydrogens is 300 g/mol. The lowest BCUT2D eigenvalue weighted by Crippen LogP contribution is -2.12. The van der Waals surface area contributed by atoms with Gasteiger partial charge in [-0.2, -0.15) is 0 Å². The van der Waals surface area contributed by atoms with Crippen LogP contribution >= 0.6 is 11.3 Å². The number of thiazole rings is 1. The van der Waals surface area contributed by atoms with Crippen LogP contribution in [0.2, 0.25) is 0 Å². The van der Waals surface area contributed by atoms with Gasteiger partial charge in [0.2, 0.25) is 6.79 Å². The molecule has 0 atom stereocenters. The van der Waals surface area contributed by atoms with Crippen molar-refractivity contribution in [2.45, 2.75) is 13.1 Å². The molecule has 1 aliphatic rings. The number of hydrogen-bond donors (Lipinski definition) is 1.